The SMILES string of the molecule is CC(C)(C)c1cc(C2=NCCN2)cc(C(C)(C)C)c1O. The molecule has 2 rings (SSSR count). The molecule has 0 bridgehead atoms. The Kier molecular flexibility index (Phi) is 3.57. The van der Waals surface area contributed by atoms with Gasteiger partial charge in [-0.25, -0.2) is 0 Å². The molecular formula is C17H26N2O. The molecule has 3 nitrogen and oxygen atoms in total. The van der Waals surface area contributed by atoms with E-state index in [0.717, 1.165) is 35.6 Å². The maximum absolute atomic E-state index is 10.7. The van der Waals surface area contributed by atoms with Crippen molar-refractivity contribution in [1.82, 2.24) is 5.32 Å². The quantitative estimate of drug-likeness (QED) is 0.825. The van der Waals surface area contributed by atoms with E-state index >= 15 is 0 Å². The molecule has 0 saturated heterocycles. The van der Waals surface area contributed by atoms with Crippen LogP contribution >= 0.6 is 0 Å². The molecule has 20 heavy (non-hydrogen) atoms. The van der Waals surface area contributed by atoms with Gasteiger partial charge in [-0.05, 0) is 23.0 Å². The van der Waals surface area contributed by atoms with E-state index in [1.165, 1.54) is 0 Å². The third kappa shape index (κ3) is 2.82. The van der Waals surface area contributed by atoms with Crippen molar-refractivity contribution in [3.05, 3.63) is 28.8 Å². The summed E-state index contributed by atoms with van der Waals surface area (Å²) in [6, 6.07) is 4.14. The largest absolute Gasteiger partial charge is 0.507 e. The fourth-order valence-corrected chi connectivity index (χ4v) is 2.51. The van der Waals surface area contributed by atoms with Crippen molar-refractivity contribution in [3.8, 4) is 5.75 Å². The van der Waals surface area contributed by atoms with Crippen molar-refractivity contribution >= 4 is 5.84 Å². The van der Waals surface area contributed by atoms with Crippen LogP contribution in [0.4, 0.5) is 0 Å². The second-order valence-corrected chi connectivity index (χ2v) is 7.58. The summed E-state index contributed by atoms with van der Waals surface area (Å²) >= 11 is 0. The van der Waals surface area contributed by atoms with E-state index in [4.69, 9.17) is 0 Å². The van der Waals surface area contributed by atoms with Crippen LogP contribution in [-0.4, -0.2) is 24.0 Å². The lowest BCUT2D eigenvalue weighted by molar-refractivity contribution is 0.423. The molecule has 1 aliphatic heterocycles. The van der Waals surface area contributed by atoms with Gasteiger partial charge in [0.05, 0.1) is 6.54 Å². The molecule has 1 aliphatic rings. The fraction of sp³-hybridized carbons (Fsp3) is 0.588. The summed E-state index contributed by atoms with van der Waals surface area (Å²) in [4.78, 5) is 4.51. The van der Waals surface area contributed by atoms with Gasteiger partial charge < -0.3 is 10.4 Å². The summed E-state index contributed by atoms with van der Waals surface area (Å²) in [6.45, 7) is 14.5. The summed E-state index contributed by atoms with van der Waals surface area (Å²) in [5.41, 5.74) is 2.85. The highest BCUT2D eigenvalue weighted by Gasteiger charge is 2.27. The van der Waals surface area contributed by atoms with Crippen molar-refractivity contribution in [2.24, 2.45) is 4.99 Å². The third-order valence-electron chi connectivity index (χ3n) is 3.67. The van der Waals surface area contributed by atoms with Gasteiger partial charge in [0, 0.05) is 23.2 Å². The average molecular weight is 274 g/mol. The van der Waals surface area contributed by atoms with Gasteiger partial charge >= 0.3 is 0 Å². The third-order valence-corrected chi connectivity index (χ3v) is 3.67. The number of nitrogens with one attached hydrogen (secondary N) is 1. The molecule has 0 atom stereocenters. The molecule has 1 aromatic rings. The topological polar surface area (TPSA) is 44.6 Å². The Morgan fingerprint density at radius 1 is 1.00 bits per heavy atom. The molecule has 0 aliphatic carbocycles. The number of aliphatic imine (C=N–C) groups is 1. The van der Waals surface area contributed by atoms with Crippen LogP contribution in [0.5, 0.6) is 5.75 Å². The van der Waals surface area contributed by atoms with E-state index in [2.05, 4.69) is 64.0 Å². The number of nitrogens with zero attached hydrogens (tertiary/aromatic N) is 1. The number of benzene rings is 1. The molecule has 0 unspecified atom stereocenters. The molecule has 0 radical (unpaired) electrons. The Labute approximate surface area is 122 Å². The Morgan fingerprint density at radius 3 is 1.85 bits per heavy atom. The molecule has 3 heteroatoms. The van der Waals surface area contributed by atoms with Crippen LogP contribution in [0.25, 0.3) is 0 Å². The smallest absolute Gasteiger partial charge is 0.128 e. The molecule has 1 heterocycles. The predicted molar refractivity (Wildman–Crippen MR) is 84.9 cm³/mol. The first-order valence-electron chi connectivity index (χ1n) is 7.27. The van der Waals surface area contributed by atoms with Crippen molar-refractivity contribution in [2.45, 2.75) is 52.4 Å². The second-order valence-electron chi connectivity index (χ2n) is 7.58. The first kappa shape index (κ1) is 14.9. The zero-order valence-corrected chi connectivity index (χ0v) is 13.5. The maximum atomic E-state index is 10.7. The van der Waals surface area contributed by atoms with Crippen molar-refractivity contribution in [1.29, 1.82) is 0 Å². The van der Waals surface area contributed by atoms with Crippen LogP contribution in [-0.2, 0) is 10.8 Å². The van der Waals surface area contributed by atoms with Gasteiger partial charge in [0.1, 0.15) is 11.6 Å². The van der Waals surface area contributed by atoms with E-state index in [1.54, 1.807) is 0 Å². The van der Waals surface area contributed by atoms with Crippen molar-refractivity contribution in [3.63, 3.8) is 0 Å². The van der Waals surface area contributed by atoms with E-state index < -0.39 is 0 Å². The van der Waals surface area contributed by atoms with Gasteiger partial charge in [-0.1, -0.05) is 41.5 Å². The van der Waals surface area contributed by atoms with Gasteiger partial charge in [-0.2, -0.15) is 0 Å². The number of aromatic hydroxyl groups is 1. The molecule has 0 saturated carbocycles. The highest BCUT2D eigenvalue weighted by molar-refractivity contribution is 6.00. The van der Waals surface area contributed by atoms with Crippen LogP contribution in [0.2, 0.25) is 0 Å². The predicted octanol–water partition coefficient (Wildman–Crippen LogP) is 3.34. The van der Waals surface area contributed by atoms with Crippen LogP contribution in [0.15, 0.2) is 17.1 Å². The summed E-state index contributed by atoms with van der Waals surface area (Å²) in [7, 11) is 0. The van der Waals surface area contributed by atoms with Gasteiger partial charge in [-0.15, -0.1) is 0 Å². The minimum absolute atomic E-state index is 0.0980. The lowest BCUT2D eigenvalue weighted by atomic mass is 9.78. The Balaban J connectivity index is 2.66. The number of phenolic OH excluding ortho intramolecular Hbond substituents is 1. The van der Waals surface area contributed by atoms with Gasteiger partial charge in [0.15, 0.2) is 0 Å². The summed E-state index contributed by atoms with van der Waals surface area (Å²) in [5.74, 6) is 1.37. The summed E-state index contributed by atoms with van der Waals surface area (Å²) in [5, 5.41) is 14.0. The molecule has 110 valence electrons. The summed E-state index contributed by atoms with van der Waals surface area (Å²) in [6.07, 6.45) is 0. The monoisotopic (exact) mass is 274 g/mol. The molecule has 0 spiro atoms. The Hall–Kier alpha value is -1.51. The fourth-order valence-electron chi connectivity index (χ4n) is 2.51. The Bertz CT molecular complexity index is 510. The highest BCUT2D eigenvalue weighted by atomic mass is 16.3. The van der Waals surface area contributed by atoms with Crippen LogP contribution in [0.1, 0.15) is 58.2 Å². The number of hydrogen-bond acceptors (Lipinski definition) is 3. The molecular weight excluding hydrogens is 248 g/mol. The lowest BCUT2D eigenvalue weighted by Crippen LogP contribution is -2.23. The molecule has 0 aromatic heterocycles. The van der Waals surface area contributed by atoms with E-state index in [-0.39, 0.29) is 10.8 Å². The first-order chi connectivity index (χ1) is 9.10. The number of phenols is 1. The normalized spacial score (nSPS) is 16.0. The Morgan fingerprint density at radius 2 is 1.50 bits per heavy atom. The standard InChI is InChI=1S/C17H26N2O/c1-16(2,3)12-9-11(15-18-7-8-19-15)10-13(14(12)20)17(4,5)6/h9-10,20H,7-8H2,1-6H3,(H,18,19). The van der Waals surface area contributed by atoms with Crippen molar-refractivity contribution in [2.75, 3.05) is 13.1 Å². The molecule has 1 aromatic carbocycles. The van der Waals surface area contributed by atoms with Crippen LogP contribution < -0.4 is 5.32 Å². The minimum Gasteiger partial charge on any atom is -0.507 e. The number of rotatable bonds is 1. The summed E-state index contributed by atoms with van der Waals surface area (Å²) < 4.78 is 0. The van der Waals surface area contributed by atoms with E-state index in [0.29, 0.717) is 5.75 Å². The van der Waals surface area contributed by atoms with Crippen LogP contribution in [0.3, 0.4) is 0 Å². The minimum atomic E-state index is -0.0980. The molecule has 0 amide bonds. The molecule has 2 N–H and O–H groups in total. The highest BCUT2D eigenvalue weighted by Crippen LogP contribution is 2.39. The molecule has 0 fully saturated rings. The average Bonchev–Trinajstić information content (AvgIpc) is 2.79. The zero-order chi connectivity index (χ0) is 15.1. The van der Waals surface area contributed by atoms with Gasteiger partial charge in [-0.3, -0.25) is 4.99 Å². The number of hydrogen-bond donors (Lipinski definition) is 2. The van der Waals surface area contributed by atoms with E-state index in [9.17, 15) is 5.11 Å². The maximum Gasteiger partial charge on any atom is 0.128 e. The zero-order valence-electron chi connectivity index (χ0n) is 13.5. The van der Waals surface area contributed by atoms with Gasteiger partial charge in [0.2, 0.25) is 0 Å². The second kappa shape index (κ2) is 4.80. The van der Waals surface area contributed by atoms with Crippen molar-refractivity contribution < 1.29 is 5.11 Å². The van der Waals surface area contributed by atoms with Crippen LogP contribution in [0, 0.1) is 0 Å². The first-order valence-corrected chi connectivity index (χ1v) is 7.27. The lowest BCUT2D eigenvalue weighted by Gasteiger charge is -2.28. The van der Waals surface area contributed by atoms with E-state index in [1.807, 2.05) is 0 Å². The van der Waals surface area contributed by atoms with Gasteiger partial charge in [0.25, 0.3) is 0 Å². The number of amidine groups is 1.